The van der Waals surface area contributed by atoms with E-state index in [1.165, 1.54) is 12.7 Å². The number of nitrogens with two attached hydrogens (primary N) is 1. The van der Waals surface area contributed by atoms with Gasteiger partial charge in [-0.3, -0.25) is 14.3 Å². The zero-order valence-electron chi connectivity index (χ0n) is 19.0. The zero-order chi connectivity index (χ0) is 27.4. The van der Waals surface area contributed by atoms with Crippen LogP contribution >= 0.6 is 23.8 Å². The van der Waals surface area contributed by atoms with E-state index < -0.39 is 35.5 Å². The molecule has 19 heteroatoms. The van der Waals surface area contributed by atoms with Crippen LogP contribution in [0.5, 0.6) is 0 Å². The van der Waals surface area contributed by atoms with Gasteiger partial charge in [-0.2, -0.15) is 14.4 Å². The average molecular weight is 568 g/mol. The molecule has 5 aromatic rings. The van der Waals surface area contributed by atoms with Gasteiger partial charge in [0.15, 0.2) is 21.8 Å². The number of halogens is 2. The second-order valence-corrected chi connectivity index (χ2v) is 8.30. The van der Waals surface area contributed by atoms with Crippen LogP contribution in [-0.2, 0) is 4.74 Å². The van der Waals surface area contributed by atoms with Crippen LogP contribution in [-0.4, -0.2) is 78.5 Å². The molecule has 0 spiro atoms. The summed E-state index contributed by atoms with van der Waals surface area (Å²) < 4.78 is 19.7. The molecule has 3 atom stereocenters. The number of aliphatic hydroxyl groups excluding tert-OH is 2. The lowest BCUT2D eigenvalue weighted by atomic mass is 10.2. The molecule has 0 saturated carbocycles. The monoisotopic (exact) mass is 567 g/mol. The van der Waals surface area contributed by atoms with E-state index >= 15 is 0 Å². The molecule has 1 fully saturated rings. The molecule has 0 amide bonds. The number of hydrogen-bond donors (Lipinski definition) is 7. The van der Waals surface area contributed by atoms with Crippen molar-refractivity contribution >= 4 is 52.0 Å². The zero-order valence-corrected chi connectivity index (χ0v) is 20.6. The predicted octanol–water partition coefficient (Wildman–Crippen LogP) is -0.0796. The highest BCUT2D eigenvalue weighted by atomic mass is 35.5. The van der Waals surface area contributed by atoms with Crippen LogP contribution < -0.4 is 17.0 Å². The molecule has 5 aromatic heterocycles. The minimum absolute atomic E-state index is 0.0176. The van der Waals surface area contributed by atoms with E-state index in [9.17, 15) is 19.1 Å². The number of fused-ring (bicyclic) bond motifs is 2. The number of nitrogens with zero attached hydrogens (tertiary/aromatic N) is 6. The number of anilines is 1. The van der Waals surface area contributed by atoms with Crippen LogP contribution in [0.15, 0.2) is 34.8 Å². The molecule has 8 N–H and O–H groups in total. The van der Waals surface area contributed by atoms with E-state index in [4.69, 9.17) is 39.4 Å². The summed E-state index contributed by atoms with van der Waals surface area (Å²) in [6, 6.07) is 0. The van der Waals surface area contributed by atoms with Crippen molar-refractivity contribution in [2.45, 2.75) is 24.9 Å². The molecular weight excluding hydrogens is 549 g/mol. The molecule has 16 nitrogen and oxygen atoms in total. The molecule has 38 heavy (non-hydrogen) atoms. The van der Waals surface area contributed by atoms with Crippen LogP contribution in [0, 0.1) is 10.5 Å². The molecule has 200 valence electrons. The van der Waals surface area contributed by atoms with Gasteiger partial charge >= 0.3 is 5.69 Å². The van der Waals surface area contributed by atoms with Crippen molar-refractivity contribution in [2.24, 2.45) is 0 Å². The summed E-state index contributed by atoms with van der Waals surface area (Å²) in [6.45, 7) is -0.248. The number of aromatic nitrogens is 10. The standard InChI is InChI=1S/C10H12ClN5O3.C5H4N4S.C4H3FN2O2/c11-10-14-8(12)7-9(15-10)16(3-13-7)6-1-4(18)5(2-17)19-6;10-5-3-4(7-1-6-3)8-2-9-5;5-2-1-6-4(9)7-3(2)8/h3-6,17-18H,1-2H2,(H2,12,14,15);1-2H,(H2,6,7,8,9,10);1H,(H2,6,7,8,9)/t4-,5+,6+;;/m0../s1. The van der Waals surface area contributed by atoms with Crippen molar-refractivity contribution in [3.8, 4) is 0 Å². The highest BCUT2D eigenvalue weighted by Gasteiger charge is 2.35. The summed E-state index contributed by atoms with van der Waals surface area (Å²) in [5, 5.41) is 18.8. The molecule has 0 bridgehead atoms. The van der Waals surface area contributed by atoms with Gasteiger partial charge in [0.2, 0.25) is 11.1 Å². The molecular formula is C19H19ClFN11O5S. The van der Waals surface area contributed by atoms with E-state index in [0.717, 1.165) is 11.2 Å². The minimum Gasteiger partial charge on any atom is -0.394 e. The second-order valence-electron chi connectivity index (χ2n) is 7.57. The van der Waals surface area contributed by atoms with E-state index in [2.05, 4.69) is 34.9 Å². The van der Waals surface area contributed by atoms with Crippen LogP contribution in [0.4, 0.5) is 10.2 Å². The fraction of sp³-hybridized carbons (Fsp3) is 0.263. The van der Waals surface area contributed by atoms with Crippen LogP contribution in [0.2, 0.25) is 5.28 Å². The Morgan fingerprint density at radius 2 is 1.97 bits per heavy atom. The SMILES string of the molecule is Nc1nc(Cl)nc2c1ncn2[C@H]1C[C@H](O)[C@@H](CO)O1.O=c1[nH]cc(F)c(=O)[nH]1.S=c1nc[nH]c2nc[nH]c12. The molecule has 0 radical (unpaired) electrons. The Bertz CT molecular complexity index is 1730. The van der Waals surface area contributed by atoms with Gasteiger partial charge in [-0.05, 0) is 11.6 Å². The maximum atomic E-state index is 12.0. The summed E-state index contributed by atoms with van der Waals surface area (Å²) in [7, 11) is 0. The van der Waals surface area contributed by atoms with Crippen molar-refractivity contribution in [3.05, 3.63) is 61.8 Å². The number of rotatable bonds is 2. The summed E-state index contributed by atoms with van der Waals surface area (Å²) in [5.74, 6) is -0.805. The lowest BCUT2D eigenvalue weighted by molar-refractivity contribution is -0.0432. The Kier molecular flexibility index (Phi) is 8.17. The highest BCUT2D eigenvalue weighted by Crippen LogP contribution is 2.31. The number of hydrogen-bond acceptors (Lipinski definition) is 12. The van der Waals surface area contributed by atoms with Gasteiger partial charge < -0.3 is 35.6 Å². The number of nitrogens with one attached hydrogen (secondary N) is 4. The summed E-state index contributed by atoms with van der Waals surface area (Å²) in [4.78, 5) is 49.6. The largest absolute Gasteiger partial charge is 0.394 e. The van der Waals surface area contributed by atoms with Gasteiger partial charge in [-0.15, -0.1) is 0 Å². The van der Waals surface area contributed by atoms with Crippen molar-refractivity contribution < 1.29 is 19.3 Å². The number of H-pyrrole nitrogens is 4. The number of ether oxygens (including phenoxy) is 1. The Hall–Kier alpha value is -4.10. The predicted molar refractivity (Wildman–Crippen MR) is 133 cm³/mol. The van der Waals surface area contributed by atoms with Gasteiger partial charge in [0.25, 0.3) is 5.56 Å². The van der Waals surface area contributed by atoms with E-state index in [1.54, 1.807) is 15.9 Å². The van der Waals surface area contributed by atoms with Crippen LogP contribution in [0.25, 0.3) is 22.3 Å². The summed E-state index contributed by atoms with van der Waals surface area (Å²) in [5.41, 5.74) is 6.40. The first-order valence-corrected chi connectivity index (χ1v) is 11.4. The number of aliphatic hydroxyl groups is 2. The molecule has 1 aliphatic heterocycles. The summed E-state index contributed by atoms with van der Waals surface area (Å²) in [6.07, 6.45) is 3.84. The van der Waals surface area contributed by atoms with Gasteiger partial charge in [0.05, 0.1) is 31.7 Å². The van der Waals surface area contributed by atoms with Crippen molar-refractivity contribution in [1.29, 1.82) is 0 Å². The first kappa shape index (κ1) is 26.9. The summed E-state index contributed by atoms with van der Waals surface area (Å²) >= 11 is 10.7. The van der Waals surface area contributed by atoms with Crippen LogP contribution in [0.1, 0.15) is 12.6 Å². The maximum absolute atomic E-state index is 12.0. The molecule has 6 heterocycles. The number of aromatic amines is 4. The fourth-order valence-corrected chi connectivity index (χ4v) is 3.73. The Balaban J connectivity index is 0.000000148. The Morgan fingerprint density at radius 1 is 1.21 bits per heavy atom. The minimum atomic E-state index is -1.00. The lowest BCUT2D eigenvalue weighted by Crippen LogP contribution is -2.24. The number of nitrogen functional groups attached to an aromatic ring is 1. The first-order valence-electron chi connectivity index (χ1n) is 10.6. The van der Waals surface area contributed by atoms with E-state index in [0.29, 0.717) is 28.4 Å². The third kappa shape index (κ3) is 5.89. The maximum Gasteiger partial charge on any atom is 0.325 e. The van der Waals surface area contributed by atoms with Crippen molar-refractivity contribution in [3.63, 3.8) is 0 Å². The third-order valence-electron chi connectivity index (χ3n) is 5.13. The Labute approximate surface area is 219 Å². The van der Waals surface area contributed by atoms with Gasteiger partial charge in [0, 0.05) is 12.6 Å². The van der Waals surface area contributed by atoms with Gasteiger partial charge in [-0.25, -0.2) is 19.7 Å². The second kappa shape index (κ2) is 11.5. The van der Waals surface area contributed by atoms with Crippen molar-refractivity contribution in [1.82, 2.24) is 49.4 Å². The lowest BCUT2D eigenvalue weighted by Gasteiger charge is -2.13. The highest BCUT2D eigenvalue weighted by molar-refractivity contribution is 7.71. The topological polar surface area (TPSA) is 242 Å². The smallest absolute Gasteiger partial charge is 0.325 e. The van der Waals surface area contributed by atoms with Crippen LogP contribution in [0.3, 0.4) is 0 Å². The molecule has 1 saturated heterocycles. The molecule has 0 aliphatic carbocycles. The third-order valence-corrected chi connectivity index (χ3v) is 5.60. The first-order chi connectivity index (χ1) is 18.2. The van der Waals surface area contributed by atoms with Gasteiger partial charge in [0.1, 0.15) is 23.4 Å². The average Bonchev–Trinajstić information content (AvgIpc) is 3.61. The van der Waals surface area contributed by atoms with E-state index in [1.807, 2.05) is 4.98 Å². The van der Waals surface area contributed by atoms with Crippen molar-refractivity contribution in [2.75, 3.05) is 12.3 Å². The Morgan fingerprint density at radius 3 is 2.63 bits per heavy atom. The van der Waals surface area contributed by atoms with E-state index in [-0.39, 0.29) is 17.7 Å². The molecule has 6 rings (SSSR count). The van der Waals surface area contributed by atoms with Gasteiger partial charge in [-0.1, -0.05) is 12.2 Å². The normalized spacial score (nSPS) is 18.6. The quantitative estimate of drug-likeness (QED) is 0.109. The number of imidazole rings is 2. The molecule has 1 aliphatic rings. The molecule has 0 unspecified atom stereocenters. The fourth-order valence-electron chi connectivity index (χ4n) is 3.35. The molecule has 0 aromatic carbocycles.